The Hall–Kier alpha value is -2.73. The predicted octanol–water partition coefficient (Wildman–Crippen LogP) is 2.52. The minimum absolute atomic E-state index is 0.0401. The lowest BCUT2D eigenvalue weighted by molar-refractivity contribution is -0.150. The SMILES string of the molecule is O=C(C1CCCC1)N1C[C@H]2[C@@H](c3ccccc31)[C@@H](CO)N2C(=O)Cc1ccccn1. The number of hydrogen-bond donors (Lipinski definition) is 1. The maximum absolute atomic E-state index is 13.3. The molecule has 0 unspecified atom stereocenters. The molecule has 2 amide bonds. The van der Waals surface area contributed by atoms with Gasteiger partial charge in [0.25, 0.3) is 0 Å². The number of carbonyl (C=O) groups is 2. The third kappa shape index (κ3) is 3.10. The number of amides is 2. The van der Waals surface area contributed by atoms with E-state index in [0.29, 0.717) is 6.54 Å². The summed E-state index contributed by atoms with van der Waals surface area (Å²) in [5.41, 5.74) is 2.74. The maximum atomic E-state index is 13.3. The molecule has 0 spiro atoms. The molecule has 1 aromatic heterocycles. The Balaban J connectivity index is 1.44. The number of nitrogens with zero attached hydrogens (tertiary/aromatic N) is 3. The first-order valence-electron chi connectivity index (χ1n) is 10.9. The van der Waals surface area contributed by atoms with Gasteiger partial charge in [-0.15, -0.1) is 0 Å². The fraction of sp³-hybridized carbons (Fsp3) is 0.458. The third-order valence-corrected chi connectivity index (χ3v) is 7.00. The zero-order chi connectivity index (χ0) is 20.7. The Morgan fingerprint density at radius 2 is 1.83 bits per heavy atom. The summed E-state index contributed by atoms with van der Waals surface area (Å²) in [6.07, 6.45) is 6.02. The number of para-hydroxylation sites is 1. The van der Waals surface area contributed by atoms with Crippen LogP contribution in [-0.2, 0) is 16.0 Å². The molecule has 2 aliphatic heterocycles. The van der Waals surface area contributed by atoms with E-state index in [1.54, 1.807) is 11.1 Å². The topological polar surface area (TPSA) is 73.7 Å². The van der Waals surface area contributed by atoms with Crippen molar-refractivity contribution in [3.05, 3.63) is 59.9 Å². The highest BCUT2D eigenvalue weighted by Gasteiger charge is 2.55. The summed E-state index contributed by atoms with van der Waals surface area (Å²) in [6.45, 7) is 0.418. The lowest BCUT2D eigenvalue weighted by atomic mass is 9.71. The van der Waals surface area contributed by atoms with Crippen molar-refractivity contribution >= 4 is 17.5 Å². The summed E-state index contributed by atoms with van der Waals surface area (Å²) in [6, 6.07) is 13.2. The van der Waals surface area contributed by atoms with Gasteiger partial charge < -0.3 is 14.9 Å². The summed E-state index contributed by atoms with van der Waals surface area (Å²) >= 11 is 0. The van der Waals surface area contributed by atoms with E-state index in [1.165, 1.54) is 0 Å². The lowest BCUT2D eigenvalue weighted by Crippen LogP contribution is -2.71. The Bertz CT molecular complexity index is 942. The van der Waals surface area contributed by atoms with E-state index < -0.39 is 0 Å². The number of aliphatic hydroxyl groups is 1. The summed E-state index contributed by atoms with van der Waals surface area (Å²) in [5.74, 6) is 0.289. The van der Waals surface area contributed by atoms with Crippen molar-refractivity contribution in [2.75, 3.05) is 18.1 Å². The van der Waals surface area contributed by atoms with Crippen LogP contribution in [0.1, 0.15) is 42.9 Å². The van der Waals surface area contributed by atoms with E-state index in [-0.39, 0.29) is 48.8 Å². The van der Waals surface area contributed by atoms with Crippen LogP contribution < -0.4 is 4.90 Å². The van der Waals surface area contributed by atoms with E-state index in [4.69, 9.17) is 0 Å². The van der Waals surface area contributed by atoms with Gasteiger partial charge in [-0.25, -0.2) is 0 Å². The standard InChI is InChI=1S/C24H27N3O3/c28-15-21-23-18-10-3-4-11-19(18)26(24(30)16-7-1-2-8-16)14-20(23)27(21)22(29)13-17-9-5-6-12-25-17/h3-6,9-12,16,20-21,23,28H,1-2,7-8,13-15H2/t20-,21+,23+/m0/s1. The summed E-state index contributed by atoms with van der Waals surface area (Å²) in [5, 5.41) is 10.1. The zero-order valence-electron chi connectivity index (χ0n) is 17.0. The van der Waals surface area contributed by atoms with Crippen LogP contribution in [0.15, 0.2) is 48.7 Å². The van der Waals surface area contributed by atoms with Crippen LogP contribution >= 0.6 is 0 Å². The molecular weight excluding hydrogens is 378 g/mol. The van der Waals surface area contributed by atoms with Gasteiger partial charge in [0.15, 0.2) is 0 Å². The molecule has 1 saturated heterocycles. The first-order chi connectivity index (χ1) is 14.7. The molecule has 2 fully saturated rings. The van der Waals surface area contributed by atoms with Gasteiger partial charge in [0.05, 0.1) is 25.1 Å². The first-order valence-corrected chi connectivity index (χ1v) is 10.9. The minimum atomic E-state index is -0.254. The molecule has 3 aliphatic rings. The number of fused-ring (bicyclic) bond motifs is 3. The minimum Gasteiger partial charge on any atom is -0.394 e. The molecule has 0 bridgehead atoms. The van der Waals surface area contributed by atoms with E-state index >= 15 is 0 Å². The lowest BCUT2D eigenvalue weighted by Gasteiger charge is -2.59. The van der Waals surface area contributed by atoms with Crippen molar-refractivity contribution in [3.63, 3.8) is 0 Å². The molecule has 1 aliphatic carbocycles. The van der Waals surface area contributed by atoms with Crippen molar-refractivity contribution in [2.45, 2.75) is 50.1 Å². The van der Waals surface area contributed by atoms with Gasteiger partial charge in [0, 0.05) is 36.0 Å². The number of aromatic nitrogens is 1. The monoisotopic (exact) mass is 405 g/mol. The van der Waals surface area contributed by atoms with Crippen molar-refractivity contribution in [3.8, 4) is 0 Å². The number of hydrogen-bond acceptors (Lipinski definition) is 4. The summed E-state index contributed by atoms with van der Waals surface area (Å²) in [4.78, 5) is 34.4. The van der Waals surface area contributed by atoms with Gasteiger partial charge in [0.1, 0.15) is 0 Å². The molecule has 3 atom stereocenters. The van der Waals surface area contributed by atoms with Crippen LogP contribution in [0.5, 0.6) is 0 Å². The van der Waals surface area contributed by atoms with Crippen LogP contribution in [0.2, 0.25) is 0 Å². The van der Waals surface area contributed by atoms with Gasteiger partial charge in [0.2, 0.25) is 11.8 Å². The van der Waals surface area contributed by atoms with Crippen LogP contribution in [0, 0.1) is 5.92 Å². The molecule has 3 heterocycles. The van der Waals surface area contributed by atoms with Crippen molar-refractivity contribution in [1.82, 2.24) is 9.88 Å². The van der Waals surface area contributed by atoms with E-state index in [1.807, 2.05) is 47.4 Å². The number of likely N-dealkylation sites (tertiary alicyclic amines) is 1. The number of carbonyl (C=O) groups excluding carboxylic acids is 2. The Morgan fingerprint density at radius 3 is 2.57 bits per heavy atom. The summed E-state index contributed by atoms with van der Waals surface area (Å²) < 4.78 is 0. The van der Waals surface area contributed by atoms with Crippen molar-refractivity contribution in [2.24, 2.45) is 5.92 Å². The van der Waals surface area contributed by atoms with E-state index in [2.05, 4.69) is 4.98 Å². The van der Waals surface area contributed by atoms with Gasteiger partial charge in [-0.1, -0.05) is 37.1 Å². The molecule has 1 N–H and O–H groups in total. The second kappa shape index (κ2) is 7.84. The van der Waals surface area contributed by atoms with Crippen LogP contribution in [-0.4, -0.2) is 52.0 Å². The number of aliphatic hydroxyl groups excluding tert-OH is 1. The molecule has 1 aromatic carbocycles. The quantitative estimate of drug-likeness (QED) is 0.848. The molecule has 0 radical (unpaired) electrons. The second-order valence-corrected chi connectivity index (χ2v) is 8.63. The Kier molecular flexibility index (Phi) is 5.03. The normalized spacial score (nSPS) is 25.4. The molecule has 6 nitrogen and oxygen atoms in total. The highest BCUT2D eigenvalue weighted by molar-refractivity contribution is 5.97. The van der Waals surface area contributed by atoms with Crippen LogP contribution in [0.4, 0.5) is 5.69 Å². The highest BCUT2D eigenvalue weighted by atomic mass is 16.3. The van der Waals surface area contributed by atoms with Crippen molar-refractivity contribution in [1.29, 1.82) is 0 Å². The van der Waals surface area contributed by atoms with Gasteiger partial charge in [-0.2, -0.15) is 0 Å². The highest BCUT2D eigenvalue weighted by Crippen LogP contribution is 2.49. The number of anilines is 1. The van der Waals surface area contributed by atoms with E-state index in [0.717, 1.165) is 42.6 Å². The Labute approximate surface area is 176 Å². The van der Waals surface area contributed by atoms with Gasteiger partial charge >= 0.3 is 0 Å². The van der Waals surface area contributed by atoms with Crippen molar-refractivity contribution < 1.29 is 14.7 Å². The van der Waals surface area contributed by atoms with Crippen LogP contribution in [0.3, 0.4) is 0 Å². The average Bonchev–Trinajstić information content (AvgIpc) is 3.29. The second-order valence-electron chi connectivity index (χ2n) is 8.63. The molecule has 30 heavy (non-hydrogen) atoms. The molecular formula is C24H27N3O3. The maximum Gasteiger partial charge on any atom is 0.230 e. The Morgan fingerprint density at radius 1 is 1.07 bits per heavy atom. The molecule has 156 valence electrons. The molecule has 2 aromatic rings. The largest absolute Gasteiger partial charge is 0.394 e. The predicted molar refractivity (Wildman–Crippen MR) is 113 cm³/mol. The zero-order valence-corrected chi connectivity index (χ0v) is 17.0. The number of pyridine rings is 1. The first kappa shape index (κ1) is 19.2. The van der Waals surface area contributed by atoms with Crippen LogP contribution in [0.25, 0.3) is 0 Å². The molecule has 6 heteroatoms. The van der Waals surface area contributed by atoms with E-state index in [9.17, 15) is 14.7 Å². The molecule has 5 rings (SSSR count). The van der Waals surface area contributed by atoms with Gasteiger partial charge in [-0.05, 0) is 36.6 Å². The average molecular weight is 405 g/mol. The fourth-order valence-corrected chi connectivity index (χ4v) is 5.59. The molecule has 1 saturated carbocycles. The fourth-order valence-electron chi connectivity index (χ4n) is 5.59. The number of rotatable bonds is 4. The summed E-state index contributed by atoms with van der Waals surface area (Å²) in [7, 11) is 0. The van der Waals surface area contributed by atoms with Gasteiger partial charge in [-0.3, -0.25) is 14.6 Å². The number of benzene rings is 1. The third-order valence-electron chi connectivity index (χ3n) is 7.00. The smallest absolute Gasteiger partial charge is 0.230 e.